The van der Waals surface area contributed by atoms with Crippen molar-refractivity contribution in [2.45, 2.75) is 25.8 Å². The van der Waals surface area contributed by atoms with Crippen LogP contribution in [0.3, 0.4) is 0 Å². The lowest BCUT2D eigenvalue weighted by Crippen LogP contribution is -2.31. The van der Waals surface area contributed by atoms with Crippen molar-refractivity contribution in [3.05, 3.63) is 30.1 Å². The number of hydrogen-bond donors (Lipinski definition) is 1. The summed E-state index contributed by atoms with van der Waals surface area (Å²) >= 11 is 0. The van der Waals surface area contributed by atoms with Crippen molar-refractivity contribution < 1.29 is 0 Å². The summed E-state index contributed by atoms with van der Waals surface area (Å²) in [5.41, 5.74) is 1.38. The van der Waals surface area contributed by atoms with Gasteiger partial charge in [-0.05, 0) is 43.0 Å². The third-order valence-electron chi connectivity index (χ3n) is 2.77. The molecule has 0 amide bonds. The van der Waals surface area contributed by atoms with E-state index in [0.29, 0.717) is 6.04 Å². The first-order valence-corrected chi connectivity index (χ1v) is 4.99. The number of pyridine rings is 1. The zero-order valence-corrected chi connectivity index (χ0v) is 8.03. The second-order valence-electron chi connectivity index (χ2n) is 3.92. The lowest BCUT2D eigenvalue weighted by Gasteiger charge is -2.27. The SMILES string of the molecule is C[C@H]1CC[C@H](c2ccncc2)NC1. The Labute approximate surface area is 79.4 Å². The highest BCUT2D eigenvalue weighted by molar-refractivity contribution is 5.15. The Morgan fingerprint density at radius 2 is 2.08 bits per heavy atom. The number of hydrogen-bond acceptors (Lipinski definition) is 2. The van der Waals surface area contributed by atoms with Gasteiger partial charge in [-0.1, -0.05) is 6.92 Å². The topological polar surface area (TPSA) is 24.9 Å². The molecule has 0 aromatic carbocycles. The predicted molar refractivity (Wildman–Crippen MR) is 53.4 cm³/mol. The Morgan fingerprint density at radius 1 is 1.31 bits per heavy atom. The predicted octanol–water partition coefficient (Wildman–Crippen LogP) is 2.14. The third kappa shape index (κ3) is 2.07. The molecule has 13 heavy (non-hydrogen) atoms. The highest BCUT2D eigenvalue weighted by Gasteiger charge is 2.18. The molecule has 1 aromatic heterocycles. The van der Waals surface area contributed by atoms with Crippen molar-refractivity contribution in [1.29, 1.82) is 0 Å². The molecule has 2 atom stereocenters. The Kier molecular flexibility index (Phi) is 2.60. The van der Waals surface area contributed by atoms with Crippen molar-refractivity contribution in [2.75, 3.05) is 6.54 Å². The van der Waals surface area contributed by atoms with Crippen LogP contribution in [0.1, 0.15) is 31.4 Å². The van der Waals surface area contributed by atoms with Gasteiger partial charge in [-0.25, -0.2) is 0 Å². The van der Waals surface area contributed by atoms with Crippen molar-refractivity contribution in [1.82, 2.24) is 10.3 Å². The summed E-state index contributed by atoms with van der Waals surface area (Å²) in [6, 6.07) is 4.76. The Balaban J connectivity index is 2.03. The first-order chi connectivity index (χ1) is 6.36. The molecule has 1 aliphatic heterocycles. The third-order valence-corrected chi connectivity index (χ3v) is 2.77. The van der Waals surface area contributed by atoms with E-state index in [4.69, 9.17) is 0 Å². The van der Waals surface area contributed by atoms with E-state index >= 15 is 0 Å². The lowest BCUT2D eigenvalue weighted by atomic mass is 9.93. The van der Waals surface area contributed by atoms with Crippen LogP contribution in [0.2, 0.25) is 0 Å². The standard InChI is InChI=1S/C11H16N2/c1-9-2-3-11(13-8-9)10-4-6-12-7-5-10/h4-7,9,11,13H,2-3,8H2,1H3/t9-,11+/m0/s1. The molecule has 2 rings (SSSR count). The molecule has 1 N–H and O–H groups in total. The van der Waals surface area contributed by atoms with Gasteiger partial charge in [0.15, 0.2) is 0 Å². The fraction of sp³-hybridized carbons (Fsp3) is 0.545. The molecule has 1 aliphatic rings. The molecule has 0 saturated carbocycles. The van der Waals surface area contributed by atoms with Gasteiger partial charge < -0.3 is 5.32 Å². The van der Waals surface area contributed by atoms with Crippen LogP contribution in [0.4, 0.5) is 0 Å². The van der Waals surface area contributed by atoms with Gasteiger partial charge in [-0.15, -0.1) is 0 Å². The molecule has 0 spiro atoms. The Bertz CT molecular complexity index is 250. The van der Waals surface area contributed by atoms with Crippen LogP contribution < -0.4 is 5.32 Å². The molecule has 0 bridgehead atoms. The lowest BCUT2D eigenvalue weighted by molar-refractivity contribution is 0.333. The summed E-state index contributed by atoms with van der Waals surface area (Å²) in [4.78, 5) is 4.03. The van der Waals surface area contributed by atoms with Gasteiger partial charge in [0, 0.05) is 18.4 Å². The fourth-order valence-electron chi connectivity index (χ4n) is 1.88. The zero-order valence-electron chi connectivity index (χ0n) is 8.03. The molecule has 0 unspecified atom stereocenters. The van der Waals surface area contributed by atoms with E-state index in [1.54, 1.807) is 0 Å². The molecule has 0 radical (unpaired) electrons. The van der Waals surface area contributed by atoms with E-state index < -0.39 is 0 Å². The molecule has 2 nitrogen and oxygen atoms in total. The maximum Gasteiger partial charge on any atom is 0.0321 e. The van der Waals surface area contributed by atoms with Crippen molar-refractivity contribution >= 4 is 0 Å². The maximum atomic E-state index is 4.03. The Hall–Kier alpha value is -0.890. The molecule has 1 saturated heterocycles. The summed E-state index contributed by atoms with van der Waals surface area (Å²) in [5.74, 6) is 0.832. The highest BCUT2D eigenvalue weighted by atomic mass is 14.9. The zero-order chi connectivity index (χ0) is 9.10. The second-order valence-corrected chi connectivity index (χ2v) is 3.92. The number of rotatable bonds is 1. The highest BCUT2D eigenvalue weighted by Crippen LogP contribution is 2.24. The van der Waals surface area contributed by atoms with Crippen molar-refractivity contribution in [3.63, 3.8) is 0 Å². The van der Waals surface area contributed by atoms with Crippen LogP contribution in [-0.4, -0.2) is 11.5 Å². The first-order valence-electron chi connectivity index (χ1n) is 4.99. The molecule has 2 heteroatoms. The first kappa shape index (κ1) is 8.70. The van der Waals surface area contributed by atoms with Crippen molar-refractivity contribution in [3.8, 4) is 0 Å². The van der Waals surface area contributed by atoms with Gasteiger partial charge in [-0.3, -0.25) is 4.98 Å². The average molecular weight is 176 g/mol. The fourth-order valence-corrected chi connectivity index (χ4v) is 1.88. The molecule has 70 valence electrons. The van der Waals surface area contributed by atoms with Gasteiger partial charge in [0.2, 0.25) is 0 Å². The molecule has 2 heterocycles. The van der Waals surface area contributed by atoms with E-state index in [9.17, 15) is 0 Å². The molecule has 1 aromatic rings. The van der Waals surface area contributed by atoms with Crippen LogP contribution in [0.5, 0.6) is 0 Å². The minimum Gasteiger partial charge on any atom is -0.310 e. The monoisotopic (exact) mass is 176 g/mol. The van der Waals surface area contributed by atoms with Crippen LogP contribution in [0.15, 0.2) is 24.5 Å². The largest absolute Gasteiger partial charge is 0.310 e. The quantitative estimate of drug-likeness (QED) is 0.709. The minimum atomic E-state index is 0.555. The number of nitrogens with zero attached hydrogens (tertiary/aromatic N) is 1. The van der Waals surface area contributed by atoms with Crippen LogP contribution in [0.25, 0.3) is 0 Å². The van der Waals surface area contributed by atoms with Gasteiger partial charge in [0.05, 0.1) is 0 Å². The molecular formula is C11H16N2. The number of piperidine rings is 1. The van der Waals surface area contributed by atoms with Crippen LogP contribution in [0, 0.1) is 5.92 Å². The van der Waals surface area contributed by atoms with Gasteiger partial charge in [-0.2, -0.15) is 0 Å². The van der Waals surface area contributed by atoms with Gasteiger partial charge in [0.25, 0.3) is 0 Å². The van der Waals surface area contributed by atoms with E-state index in [1.165, 1.54) is 18.4 Å². The normalized spacial score (nSPS) is 28.7. The summed E-state index contributed by atoms with van der Waals surface area (Å²) in [5, 5.41) is 3.56. The second kappa shape index (κ2) is 3.88. The molecular weight excluding hydrogens is 160 g/mol. The van der Waals surface area contributed by atoms with Crippen LogP contribution >= 0.6 is 0 Å². The van der Waals surface area contributed by atoms with E-state index in [2.05, 4.69) is 29.4 Å². The summed E-state index contributed by atoms with van der Waals surface area (Å²) in [6.45, 7) is 3.45. The molecule has 1 fully saturated rings. The smallest absolute Gasteiger partial charge is 0.0321 e. The number of nitrogens with one attached hydrogen (secondary N) is 1. The summed E-state index contributed by atoms with van der Waals surface area (Å²) in [7, 11) is 0. The maximum absolute atomic E-state index is 4.03. The number of aromatic nitrogens is 1. The average Bonchev–Trinajstić information content (AvgIpc) is 2.20. The van der Waals surface area contributed by atoms with E-state index in [0.717, 1.165) is 12.5 Å². The van der Waals surface area contributed by atoms with E-state index in [-0.39, 0.29) is 0 Å². The summed E-state index contributed by atoms with van der Waals surface area (Å²) < 4.78 is 0. The molecule has 0 aliphatic carbocycles. The van der Waals surface area contributed by atoms with Crippen LogP contribution in [-0.2, 0) is 0 Å². The van der Waals surface area contributed by atoms with Crippen molar-refractivity contribution in [2.24, 2.45) is 5.92 Å². The minimum absolute atomic E-state index is 0.555. The summed E-state index contributed by atoms with van der Waals surface area (Å²) in [6.07, 6.45) is 6.33. The van der Waals surface area contributed by atoms with E-state index in [1.807, 2.05) is 12.4 Å². The van der Waals surface area contributed by atoms with Gasteiger partial charge in [0.1, 0.15) is 0 Å². The Morgan fingerprint density at radius 3 is 2.69 bits per heavy atom. The van der Waals surface area contributed by atoms with Gasteiger partial charge >= 0.3 is 0 Å².